The summed E-state index contributed by atoms with van der Waals surface area (Å²) in [5.41, 5.74) is 0.400. The predicted molar refractivity (Wildman–Crippen MR) is 63.4 cm³/mol. The molecular formula is C11H18N4O. The summed E-state index contributed by atoms with van der Waals surface area (Å²) in [5, 5.41) is 5.66. The maximum Gasteiger partial charge on any atom is 0.271 e. The van der Waals surface area contributed by atoms with E-state index in [-0.39, 0.29) is 11.3 Å². The van der Waals surface area contributed by atoms with Gasteiger partial charge >= 0.3 is 0 Å². The van der Waals surface area contributed by atoms with Crippen molar-refractivity contribution in [3.63, 3.8) is 0 Å². The van der Waals surface area contributed by atoms with E-state index in [4.69, 9.17) is 0 Å². The number of aromatic nitrogens is 2. The first kappa shape index (κ1) is 12.4. The maximum absolute atomic E-state index is 11.7. The predicted octanol–water partition coefficient (Wildman–Crippen LogP) is 1.29. The third-order valence-corrected chi connectivity index (χ3v) is 1.92. The molecule has 0 radical (unpaired) electrons. The second-order valence-corrected chi connectivity index (χ2v) is 4.78. The molecule has 0 spiro atoms. The summed E-state index contributed by atoms with van der Waals surface area (Å²) in [6.45, 7) is 6.79. The molecule has 0 aromatic carbocycles. The summed E-state index contributed by atoms with van der Waals surface area (Å²) in [5.74, 6) is 0.456. The van der Waals surface area contributed by atoms with Crippen LogP contribution in [0.5, 0.6) is 0 Å². The zero-order valence-electron chi connectivity index (χ0n) is 10.2. The Morgan fingerprint density at radius 2 is 2.00 bits per heavy atom. The maximum atomic E-state index is 11.7. The van der Waals surface area contributed by atoms with Gasteiger partial charge in [0, 0.05) is 13.6 Å². The van der Waals surface area contributed by atoms with Gasteiger partial charge in [0.1, 0.15) is 11.5 Å². The second-order valence-electron chi connectivity index (χ2n) is 4.78. The molecule has 1 rings (SSSR count). The third-order valence-electron chi connectivity index (χ3n) is 1.92. The van der Waals surface area contributed by atoms with Crippen LogP contribution in [0.25, 0.3) is 0 Å². The Morgan fingerprint density at radius 1 is 1.31 bits per heavy atom. The Kier molecular flexibility index (Phi) is 3.82. The van der Waals surface area contributed by atoms with Crippen LogP contribution < -0.4 is 10.6 Å². The standard InChI is InChI=1S/C11H18N4O/c1-11(2,3)7-15-10(16)8-5-14-9(12-4)6-13-8/h5-6H,7H2,1-4H3,(H,12,14)(H,15,16). The van der Waals surface area contributed by atoms with E-state index in [1.807, 2.05) is 0 Å². The quantitative estimate of drug-likeness (QED) is 0.808. The highest BCUT2D eigenvalue weighted by molar-refractivity contribution is 5.92. The minimum atomic E-state index is -0.190. The molecule has 5 heteroatoms. The van der Waals surface area contributed by atoms with Gasteiger partial charge in [-0.15, -0.1) is 0 Å². The number of hydrogen-bond donors (Lipinski definition) is 2. The minimum Gasteiger partial charge on any atom is -0.372 e. The van der Waals surface area contributed by atoms with Gasteiger partial charge < -0.3 is 10.6 Å². The highest BCUT2D eigenvalue weighted by Crippen LogP contribution is 2.10. The van der Waals surface area contributed by atoms with Crippen LogP contribution in [0.15, 0.2) is 12.4 Å². The highest BCUT2D eigenvalue weighted by Gasteiger charge is 2.13. The van der Waals surface area contributed by atoms with Crippen molar-refractivity contribution in [1.82, 2.24) is 15.3 Å². The van der Waals surface area contributed by atoms with E-state index < -0.39 is 0 Å². The van der Waals surface area contributed by atoms with E-state index in [9.17, 15) is 4.79 Å². The Labute approximate surface area is 95.7 Å². The number of rotatable bonds is 3. The lowest BCUT2D eigenvalue weighted by Crippen LogP contribution is -2.32. The number of nitrogens with one attached hydrogen (secondary N) is 2. The van der Waals surface area contributed by atoms with Gasteiger partial charge in [0.2, 0.25) is 0 Å². The van der Waals surface area contributed by atoms with Crippen molar-refractivity contribution in [2.24, 2.45) is 5.41 Å². The SMILES string of the molecule is CNc1cnc(C(=O)NCC(C)(C)C)cn1. The number of amides is 1. The lowest BCUT2D eigenvalue weighted by atomic mass is 9.97. The van der Waals surface area contributed by atoms with Crippen LogP contribution in [0, 0.1) is 5.41 Å². The summed E-state index contributed by atoms with van der Waals surface area (Å²) >= 11 is 0. The van der Waals surface area contributed by atoms with Crippen LogP contribution in [0.3, 0.4) is 0 Å². The Hall–Kier alpha value is -1.65. The molecule has 0 aliphatic carbocycles. The van der Waals surface area contributed by atoms with E-state index in [0.29, 0.717) is 18.1 Å². The zero-order valence-corrected chi connectivity index (χ0v) is 10.2. The number of carbonyl (C=O) groups excluding carboxylic acids is 1. The number of nitrogens with zero attached hydrogens (tertiary/aromatic N) is 2. The lowest BCUT2D eigenvalue weighted by Gasteiger charge is -2.18. The average molecular weight is 222 g/mol. The minimum absolute atomic E-state index is 0.0635. The number of hydrogen-bond acceptors (Lipinski definition) is 4. The fraction of sp³-hybridized carbons (Fsp3) is 0.545. The van der Waals surface area contributed by atoms with Crippen LogP contribution in [0.1, 0.15) is 31.3 Å². The Morgan fingerprint density at radius 3 is 2.44 bits per heavy atom. The van der Waals surface area contributed by atoms with E-state index in [1.54, 1.807) is 7.05 Å². The van der Waals surface area contributed by atoms with Crippen LogP contribution in [-0.2, 0) is 0 Å². The van der Waals surface area contributed by atoms with Crippen molar-refractivity contribution in [2.45, 2.75) is 20.8 Å². The van der Waals surface area contributed by atoms with Gasteiger partial charge in [-0.1, -0.05) is 20.8 Å². The number of anilines is 1. The van der Waals surface area contributed by atoms with E-state index in [0.717, 1.165) is 0 Å². The molecule has 1 aromatic heterocycles. The largest absolute Gasteiger partial charge is 0.372 e. The molecule has 88 valence electrons. The van der Waals surface area contributed by atoms with Gasteiger partial charge in [0.05, 0.1) is 12.4 Å². The Balaban J connectivity index is 2.59. The van der Waals surface area contributed by atoms with Gasteiger partial charge in [0.25, 0.3) is 5.91 Å². The molecule has 0 saturated carbocycles. The van der Waals surface area contributed by atoms with Gasteiger partial charge in [0.15, 0.2) is 0 Å². The molecule has 0 aliphatic heterocycles. The van der Waals surface area contributed by atoms with Crippen molar-refractivity contribution >= 4 is 11.7 Å². The van der Waals surface area contributed by atoms with E-state index in [1.165, 1.54) is 12.4 Å². The van der Waals surface area contributed by atoms with Gasteiger partial charge in [-0.3, -0.25) is 4.79 Å². The highest BCUT2D eigenvalue weighted by atomic mass is 16.1. The van der Waals surface area contributed by atoms with Gasteiger partial charge in [-0.05, 0) is 5.41 Å². The summed E-state index contributed by atoms with van der Waals surface area (Å²) < 4.78 is 0. The van der Waals surface area contributed by atoms with Crippen LogP contribution >= 0.6 is 0 Å². The molecule has 0 unspecified atom stereocenters. The molecule has 0 fully saturated rings. The lowest BCUT2D eigenvalue weighted by molar-refractivity contribution is 0.0934. The van der Waals surface area contributed by atoms with Crippen molar-refractivity contribution in [3.05, 3.63) is 18.1 Å². The second kappa shape index (κ2) is 4.92. The topological polar surface area (TPSA) is 66.9 Å². The smallest absolute Gasteiger partial charge is 0.271 e. The van der Waals surface area contributed by atoms with E-state index in [2.05, 4.69) is 41.4 Å². The fourth-order valence-corrected chi connectivity index (χ4v) is 1.01. The monoisotopic (exact) mass is 222 g/mol. The number of carbonyl (C=O) groups is 1. The molecule has 1 amide bonds. The zero-order chi connectivity index (χ0) is 12.2. The van der Waals surface area contributed by atoms with Crippen molar-refractivity contribution < 1.29 is 4.79 Å². The normalized spacial score (nSPS) is 11.0. The molecule has 2 N–H and O–H groups in total. The van der Waals surface area contributed by atoms with E-state index >= 15 is 0 Å². The van der Waals surface area contributed by atoms with Gasteiger partial charge in [-0.2, -0.15) is 0 Å². The van der Waals surface area contributed by atoms with Crippen molar-refractivity contribution in [3.8, 4) is 0 Å². The fourth-order valence-electron chi connectivity index (χ4n) is 1.01. The van der Waals surface area contributed by atoms with Gasteiger partial charge in [-0.25, -0.2) is 9.97 Å². The van der Waals surface area contributed by atoms with Crippen LogP contribution in [0.4, 0.5) is 5.82 Å². The van der Waals surface area contributed by atoms with Crippen molar-refractivity contribution in [1.29, 1.82) is 0 Å². The molecule has 5 nitrogen and oxygen atoms in total. The summed E-state index contributed by atoms with van der Waals surface area (Å²) in [6, 6.07) is 0. The summed E-state index contributed by atoms with van der Waals surface area (Å²) in [4.78, 5) is 19.7. The molecular weight excluding hydrogens is 204 g/mol. The molecule has 0 aliphatic rings. The first-order valence-electron chi connectivity index (χ1n) is 5.20. The first-order chi connectivity index (χ1) is 7.42. The third kappa shape index (κ3) is 3.84. The van der Waals surface area contributed by atoms with Crippen LogP contribution in [0.2, 0.25) is 0 Å². The first-order valence-corrected chi connectivity index (χ1v) is 5.20. The average Bonchev–Trinajstić information content (AvgIpc) is 2.25. The van der Waals surface area contributed by atoms with Crippen LogP contribution in [-0.4, -0.2) is 29.5 Å². The van der Waals surface area contributed by atoms with Crippen molar-refractivity contribution in [2.75, 3.05) is 18.9 Å². The summed E-state index contributed by atoms with van der Waals surface area (Å²) in [7, 11) is 1.75. The Bertz CT molecular complexity index is 353. The molecule has 0 atom stereocenters. The molecule has 0 saturated heterocycles. The molecule has 0 bridgehead atoms. The molecule has 1 aromatic rings. The molecule has 1 heterocycles. The molecule has 16 heavy (non-hydrogen) atoms. The summed E-state index contributed by atoms with van der Waals surface area (Å²) in [6.07, 6.45) is 3.00.